The number of hydrogen-bond acceptors (Lipinski definition) is 2. The second-order valence-electron chi connectivity index (χ2n) is 4.91. The number of nitrogens with zero attached hydrogens (tertiary/aromatic N) is 1. The van der Waals surface area contributed by atoms with Gasteiger partial charge in [-0.2, -0.15) is 0 Å². The van der Waals surface area contributed by atoms with Crippen molar-refractivity contribution in [1.29, 1.82) is 0 Å². The summed E-state index contributed by atoms with van der Waals surface area (Å²) in [6.07, 6.45) is 4.02. The highest BCUT2D eigenvalue weighted by Crippen LogP contribution is 2.22. The molecule has 2 atom stereocenters. The van der Waals surface area contributed by atoms with Crippen LogP contribution in [0.5, 0.6) is 0 Å². The highest BCUT2D eigenvalue weighted by Gasteiger charge is 2.29. The van der Waals surface area contributed by atoms with E-state index < -0.39 is 5.82 Å². The zero-order valence-electron chi connectivity index (χ0n) is 10.6. The molecule has 0 spiro atoms. The van der Waals surface area contributed by atoms with Gasteiger partial charge in [-0.15, -0.1) is 0 Å². The van der Waals surface area contributed by atoms with Crippen molar-refractivity contribution in [2.45, 2.75) is 37.8 Å². The number of carbonyl (C=O) groups is 1. The van der Waals surface area contributed by atoms with Gasteiger partial charge in [0.15, 0.2) is 0 Å². The van der Waals surface area contributed by atoms with Gasteiger partial charge in [0.2, 0.25) is 0 Å². The first-order valence-corrected chi connectivity index (χ1v) is 6.38. The molecule has 2 rings (SSSR count). The van der Waals surface area contributed by atoms with Crippen molar-refractivity contribution in [3.05, 3.63) is 35.6 Å². The largest absolute Gasteiger partial charge is 0.337 e. The fourth-order valence-corrected chi connectivity index (χ4v) is 2.60. The van der Waals surface area contributed by atoms with Crippen LogP contribution in [0.2, 0.25) is 0 Å². The van der Waals surface area contributed by atoms with Gasteiger partial charge in [-0.05, 0) is 25.0 Å². The number of benzene rings is 1. The lowest BCUT2D eigenvalue weighted by molar-refractivity contribution is 0.0667. The molecule has 3 nitrogen and oxygen atoms in total. The summed E-state index contributed by atoms with van der Waals surface area (Å²) in [5, 5.41) is 0. The van der Waals surface area contributed by atoms with E-state index in [1.54, 1.807) is 24.1 Å². The molecule has 1 aromatic rings. The topological polar surface area (TPSA) is 46.3 Å². The minimum absolute atomic E-state index is 0.000488. The normalized spacial score (nSPS) is 23.7. The molecule has 0 aromatic heterocycles. The van der Waals surface area contributed by atoms with E-state index in [9.17, 15) is 9.18 Å². The lowest BCUT2D eigenvalue weighted by atomic mass is 9.90. The van der Waals surface area contributed by atoms with Gasteiger partial charge < -0.3 is 10.6 Å². The third-order valence-electron chi connectivity index (χ3n) is 3.70. The second-order valence-corrected chi connectivity index (χ2v) is 4.91. The molecule has 1 fully saturated rings. The molecule has 2 N–H and O–H groups in total. The van der Waals surface area contributed by atoms with E-state index in [4.69, 9.17) is 5.73 Å². The van der Waals surface area contributed by atoms with E-state index in [0.29, 0.717) is 0 Å². The fraction of sp³-hybridized carbons (Fsp3) is 0.500. The Kier molecular flexibility index (Phi) is 3.97. The number of nitrogens with two attached hydrogens (primary N) is 1. The third kappa shape index (κ3) is 2.53. The smallest absolute Gasteiger partial charge is 0.256 e. The van der Waals surface area contributed by atoms with Gasteiger partial charge in [0.05, 0.1) is 5.56 Å². The molecular formula is C14H19FN2O. The summed E-state index contributed by atoms with van der Waals surface area (Å²) in [7, 11) is 1.71. The van der Waals surface area contributed by atoms with Crippen LogP contribution in [-0.2, 0) is 0 Å². The first kappa shape index (κ1) is 13.0. The Morgan fingerprint density at radius 1 is 1.33 bits per heavy atom. The van der Waals surface area contributed by atoms with E-state index in [-0.39, 0.29) is 23.6 Å². The maximum Gasteiger partial charge on any atom is 0.256 e. The predicted octanol–water partition coefficient (Wildman–Crippen LogP) is 2.17. The van der Waals surface area contributed by atoms with E-state index in [1.165, 1.54) is 12.1 Å². The summed E-state index contributed by atoms with van der Waals surface area (Å²) in [5.74, 6) is -0.755. The Morgan fingerprint density at radius 3 is 2.67 bits per heavy atom. The van der Waals surface area contributed by atoms with Crippen LogP contribution in [-0.4, -0.2) is 29.9 Å². The van der Waals surface area contributed by atoms with E-state index >= 15 is 0 Å². The molecule has 2 unspecified atom stereocenters. The Hall–Kier alpha value is -1.42. The predicted molar refractivity (Wildman–Crippen MR) is 68.7 cm³/mol. The van der Waals surface area contributed by atoms with Gasteiger partial charge in [-0.1, -0.05) is 25.0 Å². The maximum atomic E-state index is 13.6. The standard InChI is InChI=1S/C14H19FN2O/c1-17(13-9-5-4-8-12(13)16)14(18)10-6-2-3-7-11(10)15/h2-3,6-7,12-13H,4-5,8-9,16H2,1H3. The van der Waals surface area contributed by atoms with E-state index in [2.05, 4.69) is 0 Å². The molecule has 1 aliphatic carbocycles. The second kappa shape index (κ2) is 5.48. The number of amides is 1. The summed E-state index contributed by atoms with van der Waals surface area (Å²) < 4.78 is 13.6. The van der Waals surface area contributed by atoms with Crippen LogP contribution in [0.3, 0.4) is 0 Å². The summed E-state index contributed by atoms with van der Waals surface area (Å²) >= 11 is 0. The van der Waals surface area contributed by atoms with Gasteiger partial charge in [-0.25, -0.2) is 4.39 Å². The molecule has 4 heteroatoms. The van der Waals surface area contributed by atoms with Crippen molar-refractivity contribution < 1.29 is 9.18 Å². The monoisotopic (exact) mass is 250 g/mol. The lowest BCUT2D eigenvalue weighted by Crippen LogP contribution is -2.50. The summed E-state index contributed by atoms with van der Waals surface area (Å²) in [4.78, 5) is 13.8. The number of likely N-dealkylation sites (N-methyl/N-ethyl adjacent to an activating group) is 1. The third-order valence-corrected chi connectivity index (χ3v) is 3.70. The minimum Gasteiger partial charge on any atom is -0.337 e. The molecule has 0 aliphatic heterocycles. The SMILES string of the molecule is CN(C(=O)c1ccccc1F)C1CCCCC1N. The van der Waals surface area contributed by atoms with Crippen molar-refractivity contribution in [2.24, 2.45) is 5.73 Å². The molecular weight excluding hydrogens is 231 g/mol. The molecule has 0 bridgehead atoms. The molecule has 0 saturated heterocycles. The maximum absolute atomic E-state index is 13.6. The number of rotatable bonds is 2. The van der Waals surface area contributed by atoms with Crippen molar-refractivity contribution in [3.8, 4) is 0 Å². The van der Waals surface area contributed by atoms with E-state index in [0.717, 1.165) is 25.7 Å². The summed E-state index contributed by atoms with van der Waals surface area (Å²) in [6, 6.07) is 6.10. The number of carbonyl (C=O) groups excluding carboxylic acids is 1. The van der Waals surface area contributed by atoms with Crippen molar-refractivity contribution in [2.75, 3.05) is 7.05 Å². The number of halogens is 1. The average molecular weight is 250 g/mol. The van der Waals surface area contributed by atoms with Gasteiger partial charge in [0.25, 0.3) is 5.91 Å². The molecule has 0 heterocycles. The van der Waals surface area contributed by atoms with Crippen LogP contribution in [0.1, 0.15) is 36.0 Å². The highest BCUT2D eigenvalue weighted by molar-refractivity contribution is 5.94. The average Bonchev–Trinajstić information content (AvgIpc) is 2.38. The summed E-state index contributed by atoms with van der Waals surface area (Å²) in [5.41, 5.74) is 6.17. The van der Waals surface area contributed by atoms with Crippen molar-refractivity contribution in [3.63, 3.8) is 0 Å². The molecule has 1 amide bonds. The Labute approximate surface area is 107 Å². The van der Waals surface area contributed by atoms with Crippen LogP contribution in [0.4, 0.5) is 4.39 Å². The fourth-order valence-electron chi connectivity index (χ4n) is 2.60. The van der Waals surface area contributed by atoms with Gasteiger partial charge in [0.1, 0.15) is 5.82 Å². The van der Waals surface area contributed by atoms with Gasteiger partial charge >= 0.3 is 0 Å². The minimum atomic E-state index is -0.473. The molecule has 98 valence electrons. The van der Waals surface area contributed by atoms with Crippen LogP contribution < -0.4 is 5.73 Å². The van der Waals surface area contributed by atoms with Gasteiger partial charge in [0, 0.05) is 19.1 Å². The van der Waals surface area contributed by atoms with Crippen molar-refractivity contribution >= 4 is 5.91 Å². The first-order chi connectivity index (χ1) is 8.61. The highest BCUT2D eigenvalue weighted by atomic mass is 19.1. The van der Waals surface area contributed by atoms with Crippen LogP contribution in [0.25, 0.3) is 0 Å². The first-order valence-electron chi connectivity index (χ1n) is 6.38. The Bertz CT molecular complexity index is 436. The Morgan fingerprint density at radius 2 is 2.00 bits per heavy atom. The molecule has 1 aliphatic rings. The van der Waals surface area contributed by atoms with Crippen LogP contribution >= 0.6 is 0 Å². The lowest BCUT2D eigenvalue weighted by Gasteiger charge is -2.36. The molecule has 18 heavy (non-hydrogen) atoms. The van der Waals surface area contributed by atoms with E-state index in [1.807, 2.05) is 0 Å². The molecule has 1 saturated carbocycles. The molecule has 0 radical (unpaired) electrons. The van der Waals surface area contributed by atoms with Crippen LogP contribution in [0, 0.1) is 5.82 Å². The van der Waals surface area contributed by atoms with Gasteiger partial charge in [-0.3, -0.25) is 4.79 Å². The number of hydrogen-bond donors (Lipinski definition) is 1. The molecule has 1 aromatic carbocycles. The summed E-state index contributed by atoms with van der Waals surface area (Å²) in [6.45, 7) is 0. The quantitative estimate of drug-likeness (QED) is 0.874. The zero-order valence-corrected chi connectivity index (χ0v) is 10.6. The Balaban J connectivity index is 2.16. The zero-order chi connectivity index (χ0) is 13.1. The van der Waals surface area contributed by atoms with Crippen LogP contribution in [0.15, 0.2) is 24.3 Å². The van der Waals surface area contributed by atoms with Crippen molar-refractivity contribution in [1.82, 2.24) is 4.90 Å².